The number of hydrogen-bond acceptors (Lipinski definition) is 5. The van der Waals surface area contributed by atoms with E-state index in [9.17, 15) is 15.0 Å². The summed E-state index contributed by atoms with van der Waals surface area (Å²) in [4.78, 5) is 12.9. The zero-order chi connectivity index (χ0) is 11.6. The number of methoxy groups -OCH3 is 1. The summed E-state index contributed by atoms with van der Waals surface area (Å²) in [5.41, 5.74) is 0.579. The molecule has 0 amide bonds. The zero-order valence-electron chi connectivity index (χ0n) is 8.85. The first-order valence-corrected chi connectivity index (χ1v) is 5.30. The molecule has 0 bridgehead atoms. The van der Waals surface area contributed by atoms with Gasteiger partial charge >= 0.3 is 5.97 Å². The molecule has 5 heteroatoms. The fourth-order valence-corrected chi connectivity index (χ4v) is 2.33. The lowest BCUT2D eigenvalue weighted by molar-refractivity contribution is -0.156. The van der Waals surface area contributed by atoms with Crippen LogP contribution in [0.25, 0.3) is 0 Å². The average molecular weight is 230 g/mol. The van der Waals surface area contributed by atoms with Gasteiger partial charge in [-0.1, -0.05) is 0 Å². The van der Waals surface area contributed by atoms with E-state index in [-0.39, 0.29) is 0 Å². The highest BCUT2D eigenvalue weighted by Crippen LogP contribution is 2.28. The second kappa shape index (κ2) is 4.74. The number of aliphatic hydroxyl groups excluding tert-OH is 2. The standard InChI is InChI=1S/C10H14O4S/c1-5-4-7(6(2)15-5)8(11)9(12)10(13)14-3/h4,8-9,11-12H,1-3H3. The molecule has 0 fully saturated rings. The molecule has 1 heterocycles. The van der Waals surface area contributed by atoms with Gasteiger partial charge in [-0.15, -0.1) is 11.3 Å². The molecule has 1 aromatic rings. The number of carbonyl (C=O) groups is 1. The van der Waals surface area contributed by atoms with E-state index in [4.69, 9.17) is 0 Å². The van der Waals surface area contributed by atoms with Crippen molar-refractivity contribution in [2.45, 2.75) is 26.1 Å². The van der Waals surface area contributed by atoms with Crippen molar-refractivity contribution in [3.8, 4) is 0 Å². The highest BCUT2D eigenvalue weighted by atomic mass is 32.1. The molecule has 1 rings (SSSR count). The maximum absolute atomic E-state index is 11.0. The number of rotatable bonds is 3. The molecular weight excluding hydrogens is 216 g/mol. The van der Waals surface area contributed by atoms with Crippen molar-refractivity contribution in [3.63, 3.8) is 0 Å². The highest BCUT2D eigenvalue weighted by molar-refractivity contribution is 7.12. The van der Waals surface area contributed by atoms with Crippen molar-refractivity contribution >= 4 is 17.3 Å². The van der Waals surface area contributed by atoms with Crippen LogP contribution in [-0.4, -0.2) is 29.4 Å². The molecule has 0 spiro atoms. The third kappa shape index (κ3) is 2.56. The van der Waals surface area contributed by atoms with Gasteiger partial charge in [0, 0.05) is 9.75 Å². The molecule has 0 saturated heterocycles. The minimum atomic E-state index is -1.53. The molecule has 15 heavy (non-hydrogen) atoms. The number of ether oxygens (including phenoxy) is 1. The normalized spacial score (nSPS) is 14.7. The molecule has 2 N–H and O–H groups in total. The number of esters is 1. The lowest BCUT2D eigenvalue weighted by atomic mass is 10.1. The maximum Gasteiger partial charge on any atom is 0.337 e. The van der Waals surface area contributed by atoms with Gasteiger partial charge in [-0.25, -0.2) is 4.79 Å². The number of thiophene rings is 1. The van der Waals surface area contributed by atoms with E-state index in [0.717, 1.165) is 9.75 Å². The van der Waals surface area contributed by atoms with Crippen LogP contribution >= 0.6 is 11.3 Å². The lowest BCUT2D eigenvalue weighted by Gasteiger charge is -2.15. The second-order valence-electron chi connectivity index (χ2n) is 3.28. The van der Waals surface area contributed by atoms with Gasteiger partial charge in [-0.2, -0.15) is 0 Å². The topological polar surface area (TPSA) is 66.8 Å². The number of aliphatic hydroxyl groups is 2. The van der Waals surface area contributed by atoms with Crippen LogP contribution in [0.3, 0.4) is 0 Å². The van der Waals surface area contributed by atoms with E-state index in [0.29, 0.717) is 5.56 Å². The summed E-state index contributed by atoms with van der Waals surface area (Å²) in [5.74, 6) is -0.828. The summed E-state index contributed by atoms with van der Waals surface area (Å²) < 4.78 is 4.36. The van der Waals surface area contributed by atoms with Crippen LogP contribution < -0.4 is 0 Å². The fourth-order valence-electron chi connectivity index (χ4n) is 1.36. The minimum absolute atomic E-state index is 0.579. The summed E-state index contributed by atoms with van der Waals surface area (Å²) >= 11 is 1.51. The van der Waals surface area contributed by atoms with Crippen LogP contribution in [0.4, 0.5) is 0 Å². The van der Waals surface area contributed by atoms with Gasteiger partial charge in [0.25, 0.3) is 0 Å². The van der Waals surface area contributed by atoms with Gasteiger partial charge in [-0.3, -0.25) is 0 Å². The molecule has 0 aromatic carbocycles. The predicted octanol–water partition coefficient (Wildman–Crippen LogP) is 0.932. The fraction of sp³-hybridized carbons (Fsp3) is 0.500. The van der Waals surface area contributed by atoms with Crippen LogP contribution in [0.5, 0.6) is 0 Å². The third-order valence-corrected chi connectivity index (χ3v) is 3.12. The first-order chi connectivity index (χ1) is 6.97. The zero-order valence-corrected chi connectivity index (χ0v) is 9.67. The van der Waals surface area contributed by atoms with Crippen LogP contribution in [-0.2, 0) is 9.53 Å². The average Bonchev–Trinajstić information content (AvgIpc) is 2.54. The molecule has 0 aliphatic rings. The molecule has 4 nitrogen and oxygen atoms in total. The maximum atomic E-state index is 11.0. The molecule has 1 aromatic heterocycles. The SMILES string of the molecule is COC(=O)C(O)C(O)c1cc(C)sc1C. The van der Waals surface area contributed by atoms with E-state index in [1.807, 2.05) is 13.8 Å². The minimum Gasteiger partial charge on any atom is -0.467 e. The van der Waals surface area contributed by atoms with Crippen LogP contribution in [0.1, 0.15) is 21.4 Å². The third-order valence-electron chi connectivity index (χ3n) is 2.14. The van der Waals surface area contributed by atoms with Crippen molar-refractivity contribution < 1.29 is 19.7 Å². The van der Waals surface area contributed by atoms with Gasteiger partial charge in [0.1, 0.15) is 6.10 Å². The first-order valence-electron chi connectivity index (χ1n) is 4.48. The molecule has 2 unspecified atom stereocenters. The molecule has 0 aliphatic heterocycles. The van der Waals surface area contributed by atoms with Gasteiger partial charge in [0.05, 0.1) is 7.11 Å². The Morgan fingerprint density at radius 1 is 1.47 bits per heavy atom. The molecule has 0 saturated carbocycles. The molecule has 2 atom stereocenters. The Bertz CT molecular complexity index is 358. The van der Waals surface area contributed by atoms with Crippen molar-refractivity contribution in [1.82, 2.24) is 0 Å². The monoisotopic (exact) mass is 230 g/mol. The Hall–Kier alpha value is -0.910. The number of carbonyl (C=O) groups excluding carboxylic acids is 1. The number of hydrogen-bond donors (Lipinski definition) is 2. The Morgan fingerprint density at radius 3 is 2.47 bits per heavy atom. The van der Waals surface area contributed by atoms with Crippen LogP contribution in [0.2, 0.25) is 0 Å². The van der Waals surface area contributed by atoms with Crippen molar-refractivity contribution in [2.24, 2.45) is 0 Å². The van der Waals surface area contributed by atoms with E-state index in [1.165, 1.54) is 18.4 Å². The first kappa shape index (κ1) is 12.2. The smallest absolute Gasteiger partial charge is 0.337 e. The van der Waals surface area contributed by atoms with Crippen molar-refractivity contribution in [1.29, 1.82) is 0 Å². The molecule has 0 radical (unpaired) electrons. The molecule has 0 aliphatic carbocycles. The van der Waals surface area contributed by atoms with Gasteiger partial charge in [0.2, 0.25) is 0 Å². The lowest BCUT2D eigenvalue weighted by Crippen LogP contribution is -2.29. The predicted molar refractivity (Wildman–Crippen MR) is 56.8 cm³/mol. The van der Waals surface area contributed by atoms with Gasteiger partial charge < -0.3 is 14.9 Å². The Balaban J connectivity index is 2.89. The molecular formula is C10H14O4S. The summed E-state index contributed by atoms with van der Waals surface area (Å²) in [6, 6.07) is 1.76. The van der Waals surface area contributed by atoms with Gasteiger partial charge in [-0.05, 0) is 25.5 Å². The van der Waals surface area contributed by atoms with E-state index in [1.54, 1.807) is 6.07 Å². The summed E-state index contributed by atoms with van der Waals surface area (Å²) in [5, 5.41) is 19.2. The van der Waals surface area contributed by atoms with Crippen LogP contribution in [0, 0.1) is 13.8 Å². The second-order valence-corrected chi connectivity index (χ2v) is 4.74. The van der Waals surface area contributed by atoms with E-state index < -0.39 is 18.2 Å². The quantitative estimate of drug-likeness (QED) is 0.758. The highest BCUT2D eigenvalue weighted by Gasteiger charge is 2.28. The van der Waals surface area contributed by atoms with Crippen LogP contribution in [0.15, 0.2) is 6.07 Å². The number of aryl methyl sites for hydroxylation is 2. The Labute approximate surface area is 92.1 Å². The van der Waals surface area contributed by atoms with Gasteiger partial charge in [0.15, 0.2) is 6.10 Å². The van der Waals surface area contributed by atoms with Crippen molar-refractivity contribution in [2.75, 3.05) is 7.11 Å². The summed E-state index contributed by atoms with van der Waals surface area (Å²) in [6.45, 7) is 3.73. The van der Waals surface area contributed by atoms with Crippen molar-refractivity contribution in [3.05, 3.63) is 21.4 Å². The summed E-state index contributed by atoms with van der Waals surface area (Å²) in [7, 11) is 1.17. The van der Waals surface area contributed by atoms with E-state index in [2.05, 4.69) is 4.74 Å². The Morgan fingerprint density at radius 2 is 2.07 bits per heavy atom. The largest absolute Gasteiger partial charge is 0.467 e. The summed E-state index contributed by atoms with van der Waals surface area (Å²) in [6.07, 6.45) is -2.75. The Kier molecular flexibility index (Phi) is 3.84. The van der Waals surface area contributed by atoms with E-state index >= 15 is 0 Å². The molecule has 84 valence electrons.